The number of aromatic nitrogens is 2. The number of rotatable bonds is 7. The van der Waals surface area contributed by atoms with E-state index in [1.54, 1.807) is 6.33 Å². The molecule has 94 valence electrons. The van der Waals surface area contributed by atoms with E-state index in [0.717, 1.165) is 25.5 Å². The van der Waals surface area contributed by atoms with Crippen LogP contribution in [0.5, 0.6) is 0 Å². The van der Waals surface area contributed by atoms with E-state index in [2.05, 4.69) is 36.1 Å². The summed E-state index contributed by atoms with van der Waals surface area (Å²) in [5.74, 6) is 0.602. The first-order chi connectivity index (χ1) is 7.18. The lowest BCUT2D eigenvalue weighted by molar-refractivity contribution is 0.0934. The number of halogens is 1. The highest BCUT2D eigenvalue weighted by Crippen LogP contribution is 1.95. The maximum Gasteiger partial charge on any atom is 0.0922 e. The van der Waals surface area contributed by atoms with Crippen molar-refractivity contribution in [3.05, 3.63) is 18.2 Å². The van der Waals surface area contributed by atoms with Gasteiger partial charge in [-0.2, -0.15) is 0 Å². The van der Waals surface area contributed by atoms with Gasteiger partial charge in [-0.3, -0.25) is 0 Å². The molecule has 0 saturated heterocycles. The SMILES string of the molecule is CC(C)COCC(C)NCc1cnc[nH]1.Cl. The van der Waals surface area contributed by atoms with Crippen molar-refractivity contribution in [1.29, 1.82) is 0 Å². The molecule has 1 unspecified atom stereocenters. The monoisotopic (exact) mass is 247 g/mol. The molecular weight excluding hydrogens is 226 g/mol. The number of nitrogens with one attached hydrogen (secondary N) is 2. The molecule has 0 aliphatic carbocycles. The fourth-order valence-electron chi connectivity index (χ4n) is 1.20. The van der Waals surface area contributed by atoms with E-state index in [4.69, 9.17) is 4.74 Å². The number of aromatic amines is 1. The highest BCUT2D eigenvalue weighted by atomic mass is 35.5. The van der Waals surface area contributed by atoms with Crippen molar-refractivity contribution in [2.75, 3.05) is 13.2 Å². The van der Waals surface area contributed by atoms with Crippen LogP contribution in [-0.4, -0.2) is 29.2 Å². The molecule has 0 amide bonds. The second-order valence-corrected chi connectivity index (χ2v) is 4.29. The van der Waals surface area contributed by atoms with E-state index in [0.29, 0.717) is 12.0 Å². The summed E-state index contributed by atoms with van der Waals surface area (Å²) in [6.45, 7) is 8.83. The van der Waals surface area contributed by atoms with Crippen LogP contribution in [0.4, 0.5) is 0 Å². The van der Waals surface area contributed by atoms with Crippen molar-refractivity contribution in [2.24, 2.45) is 5.92 Å². The third-order valence-corrected chi connectivity index (χ3v) is 2.01. The number of H-pyrrole nitrogens is 1. The molecule has 1 heterocycles. The molecule has 0 aliphatic heterocycles. The van der Waals surface area contributed by atoms with E-state index < -0.39 is 0 Å². The number of ether oxygens (including phenoxy) is 1. The van der Waals surface area contributed by atoms with Crippen LogP contribution in [0.2, 0.25) is 0 Å². The van der Waals surface area contributed by atoms with Gasteiger partial charge in [-0.15, -0.1) is 12.4 Å². The van der Waals surface area contributed by atoms with Crippen LogP contribution in [0.1, 0.15) is 26.5 Å². The van der Waals surface area contributed by atoms with Gasteiger partial charge in [0.2, 0.25) is 0 Å². The first-order valence-corrected chi connectivity index (χ1v) is 5.47. The van der Waals surface area contributed by atoms with E-state index in [1.807, 2.05) is 6.20 Å². The van der Waals surface area contributed by atoms with Crippen LogP contribution in [0, 0.1) is 5.92 Å². The van der Waals surface area contributed by atoms with Gasteiger partial charge in [0.15, 0.2) is 0 Å². The van der Waals surface area contributed by atoms with E-state index >= 15 is 0 Å². The minimum absolute atomic E-state index is 0. The second-order valence-electron chi connectivity index (χ2n) is 4.29. The van der Waals surface area contributed by atoms with Crippen LogP contribution < -0.4 is 5.32 Å². The summed E-state index contributed by atoms with van der Waals surface area (Å²) in [5, 5.41) is 3.36. The van der Waals surface area contributed by atoms with E-state index in [9.17, 15) is 0 Å². The average molecular weight is 248 g/mol. The summed E-state index contributed by atoms with van der Waals surface area (Å²) in [6, 6.07) is 0.368. The molecule has 16 heavy (non-hydrogen) atoms. The normalized spacial score (nSPS) is 12.5. The molecule has 1 rings (SSSR count). The Bertz CT molecular complexity index is 252. The third kappa shape index (κ3) is 6.82. The summed E-state index contributed by atoms with van der Waals surface area (Å²) >= 11 is 0. The maximum atomic E-state index is 5.54. The summed E-state index contributed by atoms with van der Waals surface area (Å²) < 4.78 is 5.54. The molecule has 0 aliphatic rings. The Labute approximate surface area is 104 Å². The van der Waals surface area contributed by atoms with Crippen molar-refractivity contribution < 1.29 is 4.74 Å². The first-order valence-electron chi connectivity index (χ1n) is 5.47. The third-order valence-electron chi connectivity index (χ3n) is 2.01. The molecule has 0 spiro atoms. The fourth-order valence-corrected chi connectivity index (χ4v) is 1.20. The standard InChI is InChI=1S/C11H21N3O.ClH/c1-9(2)6-15-7-10(3)13-5-11-4-12-8-14-11;/h4,8-10,13H,5-7H2,1-3H3,(H,12,14);1H. The van der Waals surface area contributed by atoms with Crippen LogP contribution in [0.15, 0.2) is 12.5 Å². The van der Waals surface area contributed by atoms with E-state index in [1.165, 1.54) is 0 Å². The molecule has 1 aromatic heterocycles. The van der Waals surface area contributed by atoms with Crippen LogP contribution in [0.25, 0.3) is 0 Å². The number of hydrogen-bond acceptors (Lipinski definition) is 3. The number of imidazole rings is 1. The Balaban J connectivity index is 0.00000225. The molecule has 5 heteroatoms. The minimum atomic E-state index is 0. The van der Waals surface area contributed by atoms with Gasteiger partial charge in [-0.25, -0.2) is 4.98 Å². The average Bonchev–Trinajstić information content (AvgIpc) is 2.66. The lowest BCUT2D eigenvalue weighted by Crippen LogP contribution is -2.30. The van der Waals surface area contributed by atoms with Gasteiger partial charge in [0.1, 0.15) is 0 Å². The van der Waals surface area contributed by atoms with Gasteiger partial charge in [0.25, 0.3) is 0 Å². The fraction of sp³-hybridized carbons (Fsp3) is 0.727. The quantitative estimate of drug-likeness (QED) is 0.775. The molecule has 0 aromatic carbocycles. The van der Waals surface area contributed by atoms with Crippen LogP contribution in [-0.2, 0) is 11.3 Å². The van der Waals surface area contributed by atoms with Gasteiger partial charge in [0, 0.05) is 31.1 Å². The number of nitrogens with zero attached hydrogens (tertiary/aromatic N) is 1. The van der Waals surface area contributed by atoms with Crippen LogP contribution >= 0.6 is 12.4 Å². The highest BCUT2D eigenvalue weighted by Gasteiger charge is 2.02. The predicted molar refractivity (Wildman–Crippen MR) is 67.8 cm³/mol. The first kappa shape index (κ1) is 15.4. The van der Waals surface area contributed by atoms with Crippen molar-refractivity contribution in [1.82, 2.24) is 15.3 Å². The smallest absolute Gasteiger partial charge is 0.0922 e. The lowest BCUT2D eigenvalue weighted by atomic mass is 10.2. The van der Waals surface area contributed by atoms with Gasteiger partial charge in [-0.05, 0) is 12.8 Å². The van der Waals surface area contributed by atoms with Gasteiger partial charge < -0.3 is 15.0 Å². The minimum Gasteiger partial charge on any atom is -0.380 e. The van der Waals surface area contributed by atoms with Crippen molar-refractivity contribution >= 4 is 12.4 Å². The zero-order valence-corrected chi connectivity index (χ0v) is 11.0. The molecule has 1 atom stereocenters. The zero-order chi connectivity index (χ0) is 11.1. The maximum absolute atomic E-state index is 5.54. The molecule has 1 aromatic rings. The largest absolute Gasteiger partial charge is 0.380 e. The zero-order valence-electron chi connectivity index (χ0n) is 10.2. The Morgan fingerprint density at radius 1 is 1.38 bits per heavy atom. The lowest BCUT2D eigenvalue weighted by Gasteiger charge is -2.14. The Hall–Kier alpha value is -0.580. The highest BCUT2D eigenvalue weighted by molar-refractivity contribution is 5.85. The Morgan fingerprint density at radius 2 is 2.12 bits per heavy atom. The Kier molecular flexibility index (Phi) is 8.25. The summed E-state index contributed by atoms with van der Waals surface area (Å²) in [7, 11) is 0. The predicted octanol–water partition coefficient (Wildman–Crippen LogP) is 1.98. The molecular formula is C11H22ClN3O. The Morgan fingerprint density at radius 3 is 2.69 bits per heavy atom. The van der Waals surface area contributed by atoms with Gasteiger partial charge in [-0.1, -0.05) is 13.8 Å². The van der Waals surface area contributed by atoms with Gasteiger partial charge in [0.05, 0.1) is 12.9 Å². The van der Waals surface area contributed by atoms with Crippen LogP contribution in [0.3, 0.4) is 0 Å². The second kappa shape index (κ2) is 8.56. The van der Waals surface area contributed by atoms with Crippen molar-refractivity contribution in [3.8, 4) is 0 Å². The topological polar surface area (TPSA) is 49.9 Å². The van der Waals surface area contributed by atoms with Crippen molar-refractivity contribution in [2.45, 2.75) is 33.4 Å². The molecule has 4 nitrogen and oxygen atoms in total. The van der Waals surface area contributed by atoms with E-state index in [-0.39, 0.29) is 12.4 Å². The molecule has 0 radical (unpaired) electrons. The van der Waals surface area contributed by atoms with Crippen molar-refractivity contribution in [3.63, 3.8) is 0 Å². The molecule has 2 N–H and O–H groups in total. The molecule has 0 bridgehead atoms. The summed E-state index contributed by atoms with van der Waals surface area (Å²) in [6.07, 6.45) is 3.52. The number of hydrogen-bond donors (Lipinski definition) is 2. The molecule has 0 fully saturated rings. The summed E-state index contributed by atoms with van der Waals surface area (Å²) in [5.41, 5.74) is 1.10. The molecule has 0 saturated carbocycles. The van der Waals surface area contributed by atoms with Gasteiger partial charge >= 0.3 is 0 Å². The summed E-state index contributed by atoms with van der Waals surface area (Å²) in [4.78, 5) is 7.01.